The molecule has 0 unspecified atom stereocenters. The molecule has 1 heterocycles. The van der Waals surface area contributed by atoms with Gasteiger partial charge in [0.15, 0.2) is 17.5 Å². The zero-order valence-corrected chi connectivity index (χ0v) is 9.88. The Labute approximate surface area is 104 Å². The van der Waals surface area contributed by atoms with Gasteiger partial charge in [-0.05, 0) is 31.2 Å². The molecule has 0 atom stereocenters. The Morgan fingerprint density at radius 2 is 1.78 bits per heavy atom. The first-order chi connectivity index (χ1) is 8.54. The van der Waals surface area contributed by atoms with E-state index in [0.717, 1.165) is 17.8 Å². The highest BCUT2D eigenvalue weighted by atomic mass is 19.2. The first-order valence-electron chi connectivity index (χ1n) is 5.54. The average Bonchev–Trinajstić information content (AvgIpc) is 2.35. The van der Waals surface area contributed by atoms with Crippen molar-refractivity contribution in [2.24, 2.45) is 0 Å². The molecule has 0 saturated heterocycles. The van der Waals surface area contributed by atoms with Crippen LogP contribution in [0.5, 0.6) is 0 Å². The van der Waals surface area contributed by atoms with Crippen molar-refractivity contribution in [3.8, 4) is 0 Å². The summed E-state index contributed by atoms with van der Waals surface area (Å²) in [4.78, 5) is 1.80. The second-order valence-electron chi connectivity index (χ2n) is 3.90. The fourth-order valence-corrected chi connectivity index (χ4v) is 1.91. The topological polar surface area (TPSA) is 3.24 Å². The van der Waals surface area contributed by atoms with Crippen molar-refractivity contribution in [1.82, 2.24) is 4.90 Å². The van der Waals surface area contributed by atoms with E-state index in [1.807, 2.05) is 6.92 Å². The first kappa shape index (κ1) is 12.5. The first-order valence-corrected chi connectivity index (χ1v) is 5.54. The summed E-state index contributed by atoms with van der Waals surface area (Å²) in [6.07, 6.45) is 5.25. The minimum absolute atomic E-state index is 0.291. The van der Waals surface area contributed by atoms with Crippen LogP contribution < -0.4 is 0 Å². The molecule has 4 heteroatoms. The predicted molar refractivity (Wildman–Crippen MR) is 65.0 cm³/mol. The van der Waals surface area contributed by atoms with Crippen LogP contribution in [0.1, 0.15) is 12.5 Å². The van der Waals surface area contributed by atoms with Crippen LogP contribution in [0.2, 0.25) is 0 Å². The van der Waals surface area contributed by atoms with Crippen LogP contribution in [-0.2, 0) is 0 Å². The van der Waals surface area contributed by atoms with Crippen LogP contribution >= 0.6 is 0 Å². The number of halogens is 3. The van der Waals surface area contributed by atoms with Crippen LogP contribution in [0.3, 0.4) is 0 Å². The highest BCUT2D eigenvalue weighted by Crippen LogP contribution is 2.28. The monoisotopic (exact) mass is 251 g/mol. The molecule has 18 heavy (non-hydrogen) atoms. The lowest BCUT2D eigenvalue weighted by Gasteiger charge is -2.28. The molecule has 1 nitrogen and oxygen atoms in total. The van der Waals surface area contributed by atoms with Gasteiger partial charge in [-0.1, -0.05) is 12.7 Å². The van der Waals surface area contributed by atoms with Crippen LogP contribution in [-0.4, -0.2) is 11.4 Å². The van der Waals surface area contributed by atoms with Gasteiger partial charge in [0, 0.05) is 23.5 Å². The minimum Gasteiger partial charge on any atom is -0.342 e. The lowest BCUT2D eigenvalue weighted by Crippen LogP contribution is -2.21. The Bertz CT molecular complexity index is 535. The van der Waals surface area contributed by atoms with E-state index in [9.17, 15) is 13.2 Å². The molecule has 1 aromatic rings. The quantitative estimate of drug-likeness (QED) is 0.722. The Morgan fingerprint density at radius 1 is 1.17 bits per heavy atom. The molecule has 0 N–H and O–H groups in total. The summed E-state index contributed by atoms with van der Waals surface area (Å²) in [7, 11) is 0. The lowest BCUT2D eigenvalue weighted by atomic mass is 10.1. The van der Waals surface area contributed by atoms with E-state index in [2.05, 4.69) is 6.58 Å². The van der Waals surface area contributed by atoms with E-state index in [1.165, 1.54) is 0 Å². The van der Waals surface area contributed by atoms with E-state index in [1.54, 1.807) is 23.1 Å². The van der Waals surface area contributed by atoms with E-state index >= 15 is 0 Å². The third kappa shape index (κ3) is 2.06. The number of nitrogens with zero attached hydrogens (tertiary/aromatic N) is 1. The van der Waals surface area contributed by atoms with Gasteiger partial charge < -0.3 is 4.90 Å². The fourth-order valence-electron chi connectivity index (χ4n) is 1.91. The summed E-state index contributed by atoms with van der Waals surface area (Å²) in [6.45, 7) is 6.35. The molecule has 0 amide bonds. The van der Waals surface area contributed by atoms with Gasteiger partial charge >= 0.3 is 0 Å². The van der Waals surface area contributed by atoms with Gasteiger partial charge in [-0.3, -0.25) is 0 Å². The number of rotatable bonds is 2. The number of benzene rings is 1. The molecular formula is C14H12F3N. The summed E-state index contributed by atoms with van der Waals surface area (Å²) in [5.41, 5.74) is 1.61. The molecule has 0 aromatic heterocycles. The Hall–Kier alpha value is -1.97. The molecule has 0 spiro atoms. The van der Waals surface area contributed by atoms with Crippen molar-refractivity contribution in [3.05, 3.63) is 65.7 Å². The average molecular weight is 251 g/mol. The van der Waals surface area contributed by atoms with E-state index in [-0.39, 0.29) is 0 Å². The SMILES string of the molecule is C=C1C=CC=C(c2cc(F)c(F)c(F)c2)N1CC. The second kappa shape index (κ2) is 4.72. The zero-order valence-electron chi connectivity index (χ0n) is 9.88. The van der Waals surface area contributed by atoms with Gasteiger partial charge in [0.1, 0.15) is 0 Å². The molecule has 2 rings (SSSR count). The van der Waals surface area contributed by atoms with E-state index in [0.29, 0.717) is 17.8 Å². The zero-order chi connectivity index (χ0) is 13.3. The number of likely N-dealkylation sites (N-methyl/N-ethyl adjacent to an activating group) is 1. The molecule has 94 valence electrons. The second-order valence-corrected chi connectivity index (χ2v) is 3.90. The molecule has 1 aromatic carbocycles. The van der Waals surface area contributed by atoms with Crippen molar-refractivity contribution < 1.29 is 13.2 Å². The Kier molecular flexibility index (Phi) is 3.28. The van der Waals surface area contributed by atoms with Crippen molar-refractivity contribution in [3.63, 3.8) is 0 Å². The van der Waals surface area contributed by atoms with Gasteiger partial charge in [0.25, 0.3) is 0 Å². The smallest absolute Gasteiger partial charge is 0.194 e. The molecule has 0 bridgehead atoms. The van der Waals surface area contributed by atoms with Gasteiger partial charge in [0.05, 0.1) is 0 Å². The van der Waals surface area contributed by atoms with Gasteiger partial charge in [-0.2, -0.15) is 0 Å². The minimum atomic E-state index is -1.45. The third-order valence-corrected chi connectivity index (χ3v) is 2.78. The molecule has 0 radical (unpaired) electrons. The molecule has 1 aliphatic heterocycles. The van der Waals surface area contributed by atoms with Gasteiger partial charge in [-0.15, -0.1) is 0 Å². The summed E-state index contributed by atoms with van der Waals surface area (Å²) >= 11 is 0. The normalized spacial score (nSPS) is 15.0. The number of hydrogen-bond acceptors (Lipinski definition) is 1. The van der Waals surface area contributed by atoms with Crippen LogP contribution in [0.4, 0.5) is 13.2 Å². The highest BCUT2D eigenvalue weighted by molar-refractivity contribution is 5.69. The van der Waals surface area contributed by atoms with Crippen LogP contribution in [0.15, 0.2) is 42.6 Å². The molecule has 0 aliphatic carbocycles. The van der Waals surface area contributed by atoms with Crippen molar-refractivity contribution >= 4 is 5.70 Å². The Morgan fingerprint density at radius 3 is 2.33 bits per heavy atom. The molecule has 0 fully saturated rings. The maximum Gasteiger partial charge on any atom is 0.194 e. The summed E-state index contributed by atoms with van der Waals surface area (Å²) < 4.78 is 39.4. The van der Waals surface area contributed by atoms with Crippen molar-refractivity contribution in [1.29, 1.82) is 0 Å². The van der Waals surface area contributed by atoms with Gasteiger partial charge in [0.2, 0.25) is 0 Å². The van der Waals surface area contributed by atoms with Crippen LogP contribution in [0.25, 0.3) is 5.70 Å². The summed E-state index contributed by atoms with van der Waals surface area (Å²) in [5, 5.41) is 0. The highest BCUT2D eigenvalue weighted by Gasteiger charge is 2.18. The summed E-state index contributed by atoms with van der Waals surface area (Å²) in [5.74, 6) is -3.84. The maximum atomic E-state index is 13.2. The molecule has 0 saturated carbocycles. The number of allylic oxidation sites excluding steroid dienone is 3. The fraction of sp³-hybridized carbons (Fsp3) is 0.143. The predicted octanol–water partition coefficient (Wildman–Crippen LogP) is 3.85. The van der Waals surface area contributed by atoms with Crippen molar-refractivity contribution in [2.75, 3.05) is 6.54 Å². The Balaban J connectivity index is 2.51. The number of hydrogen-bond donors (Lipinski definition) is 0. The lowest BCUT2D eigenvalue weighted by molar-refractivity contribution is 0.445. The maximum absolute atomic E-state index is 13.2. The van der Waals surface area contributed by atoms with E-state index < -0.39 is 17.5 Å². The van der Waals surface area contributed by atoms with Gasteiger partial charge in [-0.25, -0.2) is 13.2 Å². The standard InChI is InChI=1S/C14H12F3N/c1-3-18-9(2)5-4-6-13(18)10-7-11(15)14(17)12(16)8-10/h4-8H,2-3H2,1H3. The molecular weight excluding hydrogens is 239 g/mol. The third-order valence-electron chi connectivity index (χ3n) is 2.78. The van der Waals surface area contributed by atoms with Crippen molar-refractivity contribution in [2.45, 2.75) is 6.92 Å². The summed E-state index contributed by atoms with van der Waals surface area (Å²) in [6, 6.07) is 1.97. The largest absolute Gasteiger partial charge is 0.342 e. The van der Waals surface area contributed by atoms with Crippen LogP contribution in [0, 0.1) is 17.5 Å². The van der Waals surface area contributed by atoms with E-state index in [4.69, 9.17) is 0 Å². The molecule has 1 aliphatic rings.